The molecule has 0 radical (unpaired) electrons. The summed E-state index contributed by atoms with van der Waals surface area (Å²) in [5, 5.41) is 5.06. The van der Waals surface area contributed by atoms with Crippen molar-refractivity contribution in [1.29, 1.82) is 0 Å². The second kappa shape index (κ2) is 7.74. The largest absolute Gasteiger partial charge is 0.465 e. The highest BCUT2D eigenvalue weighted by Crippen LogP contribution is 2.15. The zero-order valence-corrected chi connectivity index (χ0v) is 12.4. The van der Waals surface area contributed by atoms with Gasteiger partial charge in [0.05, 0.1) is 18.4 Å². The Kier molecular flexibility index (Phi) is 5.46. The van der Waals surface area contributed by atoms with Crippen molar-refractivity contribution in [2.75, 3.05) is 12.4 Å². The third-order valence-electron chi connectivity index (χ3n) is 2.94. The quantitative estimate of drug-likeness (QED) is 0.850. The lowest BCUT2D eigenvalue weighted by molar-refractivity contribution is 0.0602. The number of urea groups is 1. The average molecular weight is 314 g/mol. The maximum absolute atomic E-state index is 12.8. The minimum Gasteiger partial charge on any atom is -0.465 e. The summed E-state index contributed by atoms with van der Waals surface area (Å²) in [6, 6.07) is 11.8. The maximum Gasteiger partial charge on any atom is 0.339 e. The SMILES string of the molecule is COC(=O)c1ccccc1NC(=O)N/C=C/c1ccc(F)cc1. The molecule has 0 aliphatic carbocycles. The van der Waals surface area contributed by atoms with Crippen LogP contribution in [-0.2, 0) is 4.74 Å². The Bertz CT molecular complexity index is 727. The van der Waals surface area contributed by atoms with E-state index < -0.39 is 12.0 Å². The fourth-order valence-corrected chi connectivity index (χ4v) is 1.83. The van der Waals surface area contributed by atoms with Crippen LogP contribution in [0.3, 0.4) is 0 Å². The molecule has 2 rings (SSSR count). The van der Waals surface area contributed by atoms with Gasteiger partial charge in [-0.3, -0.25) is 0 Å². The van der Waals surface area contributed by atoms with Crippen molar-refractivity contribution >= 4 is 23.8 Å². The zero-order chi connectivity index (χ0) is 16.7. The molecule has 0 spiro atoms. The molecular formula is C17H15FN2O3. The van der Waals surface area contributed by atoms with E-state index in [1.807, 2.05) is 0 Å². The summed E-state index contributed by atoms with van der Waals surface area (Å²) in [7, 11) is 1.27. The highest BCUT2D eigenvalue weighted by Gasteiger charge is 2.12. The van der Waals surface area contributed by atoms with Gasteiger partial charge in [-0.2, -0.15) is 0 Å². The molecule has 2 aromatic rings. The van der Waals surface area contributed by atoms with Crippen molar-refractivity contribution in [3.63, 3.8) is 0 Å². The molecule has 6 heteroatoms. The molecular weight excluding hydrogens is 299 g/mol. The van der Waals surface area contributed by atoms with Gasteiger partial charge in [-0.15, -0.1) is 0 Å². The van der Waals surface area contributed by atoms with Crippen LogP contribution in [0.4, 0.5) is 14.9 Å². The molecule has 0 bridgehead atoms. The molecule has 0 aliphatic rings. The number of amides is 2. The fraction of sp³-hybridized carbons (Fsp3) is 0.0588. The number of methoxy groups -OCH3 is 1. The zero-order valence-electron chi connectivity index (χ0n) is 12.4. The van der Waals surface area contributed by atoms with E-state index in [1.165, 1.54) is 25.4 Å². The first-order valence-corrected chi connectivity index (χ1v) is 6.77. The molecule has 0 saturated heterocycles. The van der Waals surface area contributed by atoms with Gasteiger partial charge in [0.15, 0.2) is 0 Å². The Hall–Kier alpha value is -3.15. The lowest BCUT2D eigenvalue weighted by Gasteiger charge is -2.09. The number of ether oxygens (including phenoxy) is 1. The van der Waals surface area contributed by atoms with E-state index in [1.54, 1.807) is 42.5 Å². The van der Waals surface area contributed by atoms with Gasteiger partial charge in [0.2, 0.25) is 0 Å². The van der Waals surface area contributed by atoms with E-state index in [9.17, 15) is 14.0 Å². The lowest BCUT2D eigenvalue weighted by atomic mass is 10.2. The number of hydrogen-bond acceptors (Lipinski definition) is 3. The molecule has 118 valence electrons. The molecule has 2 N–H and O–H groups in total. The minimum atomic E-state index is -0.539. The molecule has 5 nitrogen and oxygen atoms in total. The van der Waals surface area contributed by atoms with Gasteiger partial charge in [-0.25, -0.2) is 14.0 Å². The van der Waals surface area contributed by atoms with E-state index >= 15 is 0 Å². The van der Waals surface area contributed by atoms with Crippen LogP contribution in [0.1, 0.15) is 15.9 Å². The molecule has 0 unspecified atom stereocenters. The summed E-state index contributed by atoms with van der Waals surface area (Å²) in [6.07, 6.45) is 3.04. The van der Waals surface area contributed by atoms with E-state index in [-0.39, 0.29) is 11.4 Å². The Balaban J connectivity index is 1.97. The summed E-state index contributed by atoms with van der Waals surface area (Å²) >= 11 is 0. The van der Waals surface area contributed by atoms with Gasteiger partial charge in [0, 0.05) is 6.20 Å². The number of esters is 1. The van der Waals surface area contributed by atoms with Crippen LogP contribution < -0.4 is 10.6 Å². The Morgan fingerprint density at radius 2 is 1.78 bits per heavy atom. The van der Waals surface area contributed by atoms with Crippen LogP contribution >= 0.6 is 0 Å². The number of rotatable bonds is 4. The normalized spacial score (nSPS) is 10.3. The fourth-order valence-electron chi connectivity index (χ4n) is 1.83. The number of benzene rings is 2. The van der Waals surface area contributed by atoms with Gasteiger partial charge < -0.3 is 15.4 Å². The third kappa shape index (κ3) is 4.67. The van der Waals surface area contributed by atoms with Crippen LogP contribution in [-0.4, -0.2) is 19.1 Å². The van der Waals surface area contributed by atoms with E-state index in [4.69, 9.17) is 0 Å². The predicted molar refractivity (Wildman–Crippen MR) is 85.4 cm³/mol. The number of carbonyl (C=O) groups is 2. The molecule has 2 amide bonds. The number of carbonyl (C=O) groups excluding carboxylic acids is 2. The number of nitrogens with one attached hydrogen (secondary N) is 2. The van der Waals surface area contributed by atoms with E-state index in [0.717, 1.165) is 5.56 Å². The van der Waals surface area contributed by atoms with Crippen LogP contribution in [0.5, 0.6) is 0 Å². The van der Waals surface area contributed by atoms with Crippen molar-refractivity contribution in [2.24, 2.45) is 0 Å². The van der Waals surface area contributed by atoms with Crippen molar-refractivity contribution in [3.05, 3.63) is 71.7 Å². The molecule has 0 heterocycles. The smallest absolute Gasteiger partial charge is 0.339 e. The summed E-state index contributed by atoms with van der Waals surface area (Å²) in [5.41, 5.74) is 1.33. The Labute approximate surface area is 132 Å². The van der Waals surface area contributed by atoms with E-state index in [2.05, 4.69) is 15.4 Å². The molecule has 0 aromatic heterocycles. The minimum absolute atomic E-state index is 0.257. The number of hydrogen-bond donors (Lipinski definition) is 2. The van der Waals surface area contributed by atoms with Gasteiger partial charge in [0.1, 0.15) is 5.82 Å². The number of para-hydroxylation sites is 1. The second-order valence-corrected chi connectivity index (χ2v) is 4.52. The van der Waals surface area contributed by atoms with Crippen LogP contribution in [0.2, 0.25) is 0 Å². The molecule has 0 atom stereocenters. The summed E-state index contributed by atoms with van der Waals surface area (Å²) in [6.45, 7) is 0. The first-order valence-electron chi connectivity index (χ1n) is 6.77. The third-order valence-corrected chi connectivity index (χ3v) is 2.94. The van der Waals surface area contributed by atoms with E-state index in [0.29, 0.717) is 5.69 Å². The van der Waals surface area contributed by atoms with Gasteiger partial charge in [-0.1, -0.05) is 24.3 Å². The molecule has 0 aliphatic heterocycles. The highest BCUT2D eigenvalue weighted by molar-refractivity contribution is 6.01. The first kappa shape index (κ1) is 16.2. The summed E-state index contributed by atoms with van der Waals surface area (Å²) in [4.78, 5) is 23.4. The highest BCUT2D eigenvalue weighted by atomic mass is 19.1. The molecule has 0 fully saturated rings. The Morgan fingerprint density at radius 1 is 1.09 bits per heavy atom. The average Bonchev–Trinajstić information content (AvgIpc) is 2.56. The monoisotopic (exact) mass is 314 g/mol. The first-order chi connectivity index (χ1) is 11.1. The molecule has 0 saturated carbocycles. The second-order valence-electron chi connectivity index (χ2n) is 4.52. The number of halogens is 1. The number of anilines is 1. The van der Waals surface area contributed by atoms with Gasteiger partial charge in [0.25, 0.3) is 0 Å². The van der Waals surface area contributed by atoms with Crippen LogP contribution in [0, 0.1) is 5.82 Å². The Morgan fingerprint density at radius 3 is 2.48 bits per heavy atom. The van der Waals surface area contributed by atoms with Gasteiger partial charge >= 0.3 is 12.0 Å². The predicted octanol–water partition coefficient (Wildman–Crippen LogP) is 3.40. The molecule has 23 heavy (non-hydrogen) atoms. The van der Waals surface area contributed by atoms with Crippen LogP contribution in [0.15, 0.2) is 54.7 Å². The topological polar surface area (TPSA) is 67.4 Å². The molecule has 2 aromatic carbocycles. The summed E-state index contributed by atoms with van der Waals surface area (Å²) < 4.78 is 17.4. The van der Waals surface area contributed by atoms with Gasteiger partial charge in [-0.05, 0) is 35.9 Å². The standard InChI is InChI=1S/C17H15FN2O3/c1-23-16(21)14-4-2-3-5-15(14)20-17(22)19-11-10-12-6-8-13(18)9-7-12/h2-11H,1H3,(H2,19,20,22)/b11-10+. The maximum atomic E-state index is 12.8. The van der Waals surface area contributed by atoms with Crippen molar-refractivity contribution < 1.29 is 18.7 Å². The van der Waals surface area contributed by atoms with Crippen LogP contribution in [0.25, 0.3) is 6.08 Å². The lowest BCUT2D eigenvalue weighted by Crippen LogP contribution is -2.25. The van der Waals surface area contributed by atoms with Crippen molar-refractivity contribution in [2.45, 2.75) is 0 Å². The summed E-state index contributed by atoms with van der Waals surface area (Å²) in [5.74, 6) is -0.866. The van der Waals surface area contributed by atoms with Crippen molar-refractivity contribution in [3.8, 4) is 0 Å². The van der Waals surface area contributed by atoms with Crippen molar-refractivity contribution in [1.82, 2.24) is 5.32 Å².